The molecule has 1 aliphatic heterocycles. The van der Waals surface area contributed by atoms with Crippen LogP contribution in [-0.2, 0) is 16.2 Å². The minimum Gasteiger partial charge on any atom is -0.468 e. The number of thioether (sulfide) groups is 1. The fraction of sp³-hybridized carbons (Fsp3) is 0.438. The first kappa shape index (κ1) is 17.2. The van der Waals surface area contributed by atoms with Gasteiger partial charge in [0, 0.05) is 11.3 Å². The van der Waals surface area contributed by atoms with Gasteiger partial charge in [0.2, 0.25) is 4.77 Å². The highest BCUT2D eigenvalue weighted by Gasteiger charge is 2.30. The van der Waals surface area contributed by atoms with Crippen LogP contribution in [0.5, 0.6) is 0 Å². The summed E-state index contributed by atoms with van der Waals surface area (Å²) in [5.41, 5.74) is 2.22. The number of carbonyl (C=O) groups excluding carboxylic acids is 1. The van der Waals surface area contributed by atoms with Crippen molar-refractivity contribution in [3.63, 3.8) is 0 Å². The largest absolute Gasteiger partial charge is 0.468 e. The van der Waals surface area contributed by atoms with Crippen molar-refractivity contribution < 1.29 is 14.4 Å². The van der Waals surface area contributed by atoms with Crippen LogP contribution in [0, 0.1) is 11.7 Å². The average molecular weight is 366 g/mol. The number of benzene rings is 1. The third-order valence-corrected chi connectivity index (χ3v) is 5.61. The Labute approximate surface area is 150 Å². The molecule has 128 valence electrons. The van der Waals surface area contributed by atoms with Crippen molar-refractivity contribution in [2.45, 2.75) is 18.8 Å². The smallest absolute Gasteiger partial charge is 0.324 e. The van der Waals surface area contributed by atoms with Crippen LogP contribution >= 0.6 is 24.0 Å². The maximum Gasteiger partial charge on any atom is 0.324 e. The number of carbonyl (C=O) groups is 1. The normalized spacial score (nSPS) is 20.8. The van der Waals surface area contributed by atoms with Gasteiger partial charge in [0.05, 0.1) is 13.7 Å². The first-order chi connectivity index (χ1) is 11.6. The van der Waals surface area contributed by atoms with E-state index in [2.05, 4.69) is 29.1 Å². The number of aryl methyl sites for hydroxylation is 1. The third kappa shape index (κ3) is 3.88. The highest BCUT2D eigenvalue weighted by Crippen LogP contribution is 2.15. The number of ether oxygens (including phenoxy) is 1. The lowest BCUT2D eigenvalue weighted by Crippen LogP contribution is -3.14. The van der Waals surface area contributed by atoms with Gasteiger partial charge in [-0.15, -0.1) is 11.8 Å². The standard InChI is InChI=1S/C16H20N4O2S2/c1-11-3-5-12(6-4-11)14-17-16(23)20(18-14)10-19-7-8-24-13(9-19)15(21)22-2/h3-6,13H,7-10H2,1-2H3,(H,17,18,23)/p+1/t13-/m0/s1. The zero-order valence-corrected chi connectivity index (χ0v) is 15.4. The number of H-pyrrole nitrogens is 1. The van der Waals surface area contributed by atoms with Gasteiger partial charge in [-0.05, 0) is 19.1 Å². The summed E-state index contributed by atoms with van der Waals surface area (Å²) < 4.78 is 7.28. The molecule has 0 radical (unpaired) electrons. The Kier molecular flexibility index (Phi) is 5.37. The molecule has 1 aromatic heterocycles. The number of hydrogen-bond acceptors (Lipinski definition) is 5. The van der Waals surface area contributed by atoms with Gasteiger partial charge in [0.25, 0.3) is 0 Å². The Morgan fingerprint density at radius 3 is 2.96 bits per heavy atom. The predicted octanol–water partition coefficient (Wildman–Crippen LogP) is 1.05. The fourth-order valence-corrected chi connectivity index (χ4v) is 4.20. The Morgan fingerprint density at radius 1 is 1.50 bits per heavy atom. The molecular formula is C16H21N4O2S2+. The SMILES string of the molecule is COC(=O)[C@@H]1C[NH+](Cn2[nH]c(-c3ccc(C)cc3)nc2=S)CCS1. The molecule has 8 heteroatoms. The average Bonchev–Trinajstić information content (AvgIpc) is 2.95. The second kappa shape index (κ2) is 7.50. The molecule has 2 N–H and O–H groups in total. The van der Waals surface area contributed by atoms with Gasteiger partial charge in [-0.3, -0.25) is 9.89 Å². The van der Waals surface area contributed by atoms with E-state index in [0.717, 1.165) is 30.2 Å². The van der Waals surface area contributed by atoms with Gasteiger partial charge in [0.1, 0.15) is 6.54 Å². The molecule has 2 aromatic rings. The molecule has 3 rings (SSSR count). The second-order valence-electron chi connectivity index (χ2n) is 5.89. The van der Waals surface area contributed by atoms with Crippen LogP contribution in [0.15, 0.2) is 24.3 Å². The van der Waals surface area contributed by atoms with E-state index in [4.69, 9.17) is 17.0 Å². The lowest BCUT2D eigenvalue weighted by Gasteiger charge is -2.27. The van der Waals surface area contributed by atoms with E-state index in [1.165, 1.54) is 17.6 Å². The van der Waals surface area contributed by atoms with Gasteiger partial charge >= 0.3 is 5.97 Å². The predicted molar refractivity (Wildman–Crippen MR) is 96.5 cm³/mol. The number of methoxy groups -OCH3 is 1. The van der Waals surface area contributed by atoms with Crippen molar-refractivity contribution in [3.05, 3.63) is 34.6 Å². The first-order valence-electron chi connectivity index (χ1n) is 7.83. The molecule has 1 fully saturated rings. The minimum absolute atomic E-state index is 0.104. The van der Waals surface area contributed by atoms with Gasteiger partial charge in [-0.25, -0.2) is 4.68 Å². The van der Waals surface area contributed by atoms with Gasteiger partial charge in [-0.1, -0.05) is 29.8 Å². The molecule has 0 bridgehead atoms. The summed E-state index contributed by atoms with van der Waals surface area (Å²) in [6, 6.07) is 8.18. The summed E-state index contributed by atoms with van der Waals surface area (Å²) in [6.45, 7) is 4.45. The van der Waals surface area contributed by atoms with Crippen LogP contribution in [0.2, 0.25) is 0 Å². The third-order valence-electron chi connectivity index (χ3n) is 4.10. The number of rotatable bonds is 4. The molecule has 0 aliphatic carbocycles. The summed E-state index contributed by atoms with van der Waals surface area (Å²) in [5.74, 6) is 1.56. The van der Waals surface area contributed by atoms with Crippen LogP contribution in [-0.4, -0.2) is 51.9 Å². The molecule has 2 atom stereocenters. The van der Waals surface area contributed by atoms with E-state index in [9.17, 15) is 4.79 Å². The molecule has 1 aromatic carbocycles. The van der Waals surface area contributed by atoms with Crippen molar-refractivity contribution in [3.8, 4) is 11.4 Å². The van der Waals surface area contributed by atoms with E-state index in [-0.39, 0.29) is 11.2 Å². The summed E-state index contributed by atoms with van der Waals surface area (Å²) in [4.78, 5) is 17.5. The Hall–Kier alpha value is -1.64. The Balaban J connectivity index is 1.73. The summed E-state index contributed by atoms with van der Waals surface area (Å²) in [7, 11) is 1.44. The lowest BCUT2D eigenvalue weighted by molar-refractivity contribution is -0.921. The summed E-state index contributed by atoms with van der Waals surface area (Å²) in [6.07, 6.45) is 0. The molecular weight excluding hydrogens is 344 g/mol. The van der Waals surface area contributed by atoms with E-state index >= 15 is 0 Å². The van der Waals surface area contributed by atoms with Crippen LogP contribution in [0.1, 0.15) is 5.56 Å². The molecule has 6 nitrogen and oxygen atoms in total. The number of nitrogens with one attached hydrogen (secondary N) is 2. The first-order valence-corrected chi connectivity index (χ1v) is 9.29. The van der Waals surface area contributed by atoms with Gasteiger partial charge < -0.3 is 9.64 Å². The quantitative estimate of drug-likeness (QED) is 0.626. The Morgan fingerprint density at radius 2 is 2.25 bits per heavy atom. The van der Waals surface area contributed by atoms with Crippen LogP contribution in [0.25, 0.3) is 11.4 Å². The van der Waals surface area contributed by atoms with Crippen molar-refractivity contribution in [1.29, 1.82) is 0 Å². The zero-order valence-electron chi connectivity index (χ0n) is 13.7. The van der Waals surface area contributed by atoms with E-state index in [1.54, 1.807) is 11.8 Å². The topological polar surface area (TPSA) is 64.3 Å². The van der Waals surface area contributed by atoms with Gasteiger partial charge in [-0.2, -0.15) is 4.98 Å². The Bertz CT molecular complexity index is 769. The number of esters is 1. The highest BCUT2D eigenvalue weighted by atomic mass is 32.2. The number of aromatic nitrogens is 3. The molecule has 2 heterocycles. The minimum atomic E-state index is -0.147. The number of nitrogens with zero attached hydrogens (tertiary/aromatic N) is 2. The highest BCUT2D eigenvalue weighted by molar-refractivity contribution is 8.00. The van der Waals surface area contributed by atoms with Crippen molar-refractivity contribution in [1.82, 2.24) is 14.8 Å². The maximum atomic E-state index is 11.7. The second-order valence-corrected chi connectivity index (χ2v) is 7.57. The molecule has 1 unspecified atom stereocenters. The molecule has 0 amide bonds. The van der Waals surface area contributed by atoms with E-state index < -0.39 is 0 Å². The number of aromatic amines is 1. The maximum absolute atomic E-state index is 11.7. The molecule has 0 saturated carbocycles. The monoisotopic (exact) mass is 365 g/mol. The number of hydrogen-bond donors (Lipinski definition) is 2. The molecule has 24 heavy (non-hydrogen) atoms. The number of quaternary nitrogens is 1. The summed E-state index contributed by atoms with van der Waals surface area (Å²) >= 11 is 7.04. The van der Waals surface area contributed by atoms with Crippen LogP contribution in [0.4, 0.5) is 0 Å². The van der Waals surface area contributed by atoms with Crippen LogP contribution in [0.3, 0.4) is 0 Å². The van der Waals surface area contributed by atoms with Crippen molar-refractivity contribution in [2.24, 2.45) is 0 Å². The molecule has 0 spiro atoms. The fourth-order valence-electron chi connectivity index (χ4n) is 2.72. The van der Waals surface area contributed by atoms with Gasteiger partial charge in [0.15, 0.2) is 17.7 Å². The van der Waals surface area contributed by atoms with Crippen LogP contribution < -0.4 is 4.90 Å². The van der Waals surface area contributed by atoms with Crippen molar-refractivity contribution in [2.75, 3.05) is 26.0 Å². The van der Waals surface area contributed by atoms with Crippen molar-refractivity contribution >= 4 is 29.9 Å². The molecule has 1 aliphatic rings. The van der Waals surface area contributed by atoms with E-state index in [0.29, 0.717) is 11.4 Å². The summed E-state index contributed by atoms with van der Waals surface area (Å²) in [5, 5.41) is 3.18. The molecule has 1 saturated heterocycles. The van der Waals surface area contributed by atoms with E-state index in [1.807, 2.05) is 16.8 Å². The zero-order chi connectivity index (χ0) is 17.1. The lowest BCUT2D eigenvalue weighted by atomic mass is 10.1.